The molecule has 2 heterocycles. The number of pyridine rings is 1. The van der Waals surface area contributed by atoms with Gasteiger partial charge in [-0.1, -0.05) is 24.3 Å². The number of piperidine rings is 1. The predicted molar refractivity (Wildman–Crippen MR) is 271 cm³/mol. The monoisotopic (exact) mass is 1030 g/mol. The number of aromatic nitrogens is 1. The number of rotatable bonds is 36. The molecule has 2 amide bonds. The van der Waals surface area contributed by atoms with E-state index in [-0.39, 0.29) is 30.4 Å². The van der Waals surface area contributed by atoms with Crippen molar-refractivity contribution in [2.45, 2.75) is 57.0 Å². The molecule has 1 saturated heterocycles. The molecule has 72 heavy (non-hydrogen) atoms. The molecular formula is C53H69F3N4O11S. The van der Waals surface area contributed by atoms with Crippen molar-refractivity contribution in [3.63, 3.8) is 0 Å². The molecule has 0 spiro atoms. The first-order chi connectivity index (χ1) is 35.1. The molecular weight excluding hydrogens is 958 g/mol. The van der Waals surface area contributed by atoms with E-state index in [2.05, 4.69) is 20.5 Å². The highest BCUT2D eigenvalue weighted by Gasteiger charge is 2.30. The van der Waals surface area contributed by atoms with E-state index in [4.69, 9.17) is 38.3 Å². The first kappa shape index (κ1) is 57.9. The summed E-state index contributed by atoms with van der Waals surface area (Å²) in [6.45, 7) is 7.95. The molecule has 0 unspecified atom stereocenters. The van der Waals surface area contributed by atoms with Crippen molar-refractivity contribution in [3.8, 4) is 11.3 Å². The van der Waals surface area contributed by atoms with Crippen molar-refractivity contribution < 1.29 is 65.8 Å². The van der Waals surface area contributed by atoms with Crippen molar-refractivity contribution in [1.82, 2.24) is 10.3 Å². The van der Waals surface area contributed by atoms with Crippen LogP contribution in [-0.2, 0) is 56.4 Å². The SMILES string of the molecule is O=C(CCCOCCOCCOCCOCCOCCOCCOCCO)CCSCc1cccc(C(=O)Nc2ccc(N3CCCCC3)cc2-c2cc(C(=O)NCc3cccc(C(F)(F)F)c3)ccn2)c1. The molecule has 15 nitrogen and oxygen atoms in total. The Balaban J connectivity index is 0.962. The third-order valence-electron chi connectivity index (χ3n) is 11.2. The summed E-state index contributed by atoms with van der Waals surface area (Å²) in [5.74, 6) is 0.637. The Labute approximate surface area is 424 Å². The highest BCUT2D eigenvalue weighted by atomic mass is 32.2. The number of hydrogen-bond donors (Lipinski definition) is 3. The molecule has 4 aromatic rings. The predicted octanol–water partition coefficient (Wildman–Crippen LogP) is 8.02. The molecule has 5 rings (SSSR count). The van der Waals surface area contributed by atoms with Crippen LogP contribution in [0.1, 0.15) is 75.9 Å². The van der Waals surface area contributed by atoms with E-state index >= 15 is 0 Å². The highest BCUT2D eigenvalue weighted by molar-refractivity contribution is 7.98. The summed E-state index contributed by atoms with van der Waals surface area (Å²) in [5, 5.41) is 14.4. The Morgan fingerprint density at radius 2 is 1.24 bits per heavy atom. The van der Waals surface area contributed by atoms with Crippen LogP contribution < -0.4 is 15.5 Å². The van der Waals surface area contributed by atoms with Crippen LogP contribution in [0.15, 0.2) is 85.1 Å². The third-order valence-corrected chi connectivity index (χ3v) is 12.2. The topological polar surface area (TPSA) is 176 Å². The van der Waals surface area contributed by atoms with Crippen LogP contribution in [0.2, 0.25) is 0 Å². The number of carbonyl (C=O) groups is 3. The molecule has 3 N–H and O–H groups in total. The molecule has 1 aliphatic heterocycles. The molecule has 394 valence electrons. The number of nitrogens with one attached hydrogen (secondary N) is 2. The number of nitrogens with zero attached hydrogens (tertiary/aromatic N) is 2. The maximum Gasteiger partial charge on any atom is 0.416 e. The Morgan fingerprint density at radius 3 is 1.88 bits per heavy atom. The van der Waals surface area contributed by atoms with Gasteiger partial charge in [-0.05, 0) is 91.4 Å². The van der Waals surface area contributed by atoms with Crippen LogP contribution >= 0.6 is 11.8 Å². The van der Waals surface area contributed by atoms with Gasteiger partial charge < -0.3 is 53.8 Å². The lowest BCUT2D eigenvalue weighted by Crippen LogP contribution is -2.29. The van der Waals surface area contributed by atoms with Crippen molar-refractivity contribution >= 4 is 40.7 Å². The lowest BCUT2D eigenvalue weighted by molar-refractivity contribution is -0.137. The van der Waals surface area contributed by atoms with Crippen molar-refractivity contribution in [3.05, 3.63) is 113 Å². The lowest BCUT2D eigenvalue weighted by Gasteiger charge is -2.29. The average Bonchev–Trinajstić information content (AvgIpc) is 3.39. The molecule has 0 radical (unpaired) electrons. The van der Waals surface area contributed by atoms with Crippen LogP contribution in [0.5, 0.6) is 0 Å². The second kappa shape index (κ2) is 33.7. The minimum Gasteiger partial charge on any atom is -0.394 e. The zero-order valence-corrected chi connectivity index (χ0v) is 41.8. The number of amides is 2. The fourth-order valence-electron chi connectivity index (χ4n) is 7.42. The van der Waals surface area contributed by atoms with Crippen LogP contribution in [0.3, 0.4) is 0 Å². The van der Waals surface area contributed by atoms with Gasteiger partial charge >= 0.3 is 6.18 Å². The molecule has 0 saturated carbocycles. The van der Waals surface area contributed by atoms with E-state index in [0.717, 1.165) is 55.7 Å². The molecule has 1 aromatic heterocycles. The second-order valence-electron chi connectivity index (χ2n) is 16.7. The van der Waals surface area contributed by atoms with Gasteiger partial charge in [-0.25, -0.2) is 0 Å². The Kier molecular flexibility index (Phi) is 27.1. The van der Waals surface area contributed by atoms with E-state index < -0.39 is 17.6 Å². The average molecular weight is 1030 g/mol. The largest absolute Gasteiger partial charge is 0.416 e. The van der Waals surface area contributed by atoms with Crippen molar-refractivity contribution in [1.29, 1.82) is 0 Å². The Morgan fingerprint density at radius 1 is 0.639 bits per heavy atom. The molecule has 3 aromatic carbocycles. The zero-order chi connectivity index (χ0) is 51.1. The summed E-state index contributed by atoms with van der Waals surface area (Å²) in [5.41, 5.74) is 3.72. The number of ether oxygens (including phenoxy) is 7. The van der Waals surface area contributed by atoms with E-state index in [1.54, 1.807) is 23.9 Å². The Hall–Kier alpha value is -4.96. The summed E-state index contributed by atoms with van der Waals surface area (Å²) >= 11 is 1.62. The number of anilines is 2. The smallest absolute Gasteiger partial charge is 0.394 e. The molecule has 0 atom stereocenters. The van der Waals surface area contributed by atoms with Crippen molar-refractivity contribution in [2.75, 3.05) is 128 Å². The minimum absolute atomic E-state index is 0.00417. The number of hydrogen-bond acceptors (Lipinski definition) is 14. The van der Waals surface area contributed by atoms with Gasteiger partial charge in [0.1, 0.15) is 5.78 Å². The van der Waals surface area contributed by atoms with Gasteiger partial charge in [-0.3, -0.25) is 19.4 Å². The fourth-order valence-corrected chi connectivity index (χ4v) is 8.35. The van der Waals surface area contributed by atoms with Gasteiger partial charge in [0.15, 0.2) is 0 Å². The summed E-state index contributed by atoms with van der Waals surface area (Å²) in [6.07, 6.45) is 1.79. The van der Waals surface area contributed by atoms with Crippen molar-refractivity contribution in [2.24, 2.45) is 0 Å². The van der Waals surface area contributed by atoms with E-state index in [1.807, 2.05) is 36.4 Å². The highest BCUT2D eigenvalue weighted by Crippen LogP contribution is 2.34. The number of aliphatic hydroxyl groups excluding tert-OH is 1. The van der Waals surface area contributed by atoms with Crippen LogP contribution in [0, 0.1) is 0 Å². The van der Waals surface area contributed by atoms with Gasteiger partial charge in [0, 0.05) is 79.2 Å². The van der Waals surface area contributed by atoms with Gasteiger partial charge in [-0.2, -0.15) is 24.9 Å². The first-order valence-electron chi connectivity index (χ1n) is 24.6. The maximum absolute atomic E-state index is 13.8. The van der Waals surface area contributed by atoms with Crippen LogP contribution in [0.4, 0.5) is 24.5 Å². The molecule has 1 aliphatic rings. The number of benzene rings is 3. The lowest BCUT2D eigenvalue weighted by atomic mass is 10.0. The summed E-state index contributed by atoms with van der Waals surface area (Å²) in [6, 6.07) is 21.1. The van der Waals surface area contributed by atoms with Gasteiger partial charge in [0.25, 0.3) is 11.8 Å². The number of alkyl halides is 3. The molecule has 19 heteroatoms. The first-order valence-corrected chi connectivity index (χ1v) is 25.7. The number of Topliss-reactive ketones (excluding diaryl/α,β-unsaturated/α-hetero) is 1. The maximum atomic E-state index is 13.8. The number of aliphatic hydroxyl groups is 1. The summed E-state index contributed by atoms with van der Waals surface area (Å²) in [4.78, 5) is 46.5. The Bertz CT molecular complexity index is 2220. The van der Waals surface area contributed by atoms with E-state index in [9.17, 15) is 27.6 Å². The number of ketones is 1. The standard InChI is InChI=1S/C53H69F3N4O11S/c54-53(55,56)45-10-5-7-41(36-45)39-58-51(63)44-14-16-57-50(37-44)48-38-46(60-17-2-1-3-18-60)12-13-49(48)59-52(64)43-9-4-8-42(35-43)40-72-34-15-47(62)11-6-20-65-22-24-67-26-28-69-30-32-71-33-31-70-29-27-68-25-23-66-21-19-61/h4-5,7-10,12-14,16,35-38,61H,1-3,6,11,15,17-34,39-40H2,(H,58,63)(H,59,64). The van der Waals surface area contributed by atoms with E-state index in [0.29, 0.717) is 151 Å². The molecule has 0 bridgehead atoms. The summed E-state index contributed by atoms with van der Waals surface area (Å²) in [7, 11) is 0. The fraction of sp³-hybridized carbons (Fsp3) is 0.509. The van der Waals surface area contributed by atoms with Crippen LogP contribution in [0.25, 0.3) is 11.3 Å². The van der Waals surface area contributed by atoms with Gasteiger partial charge in [-0.15, -0.1) is 0 Å². The quantitative estimate of drug-likeness (QED) is 0.0374. The normalized spacial score (nSPS) is 12.8. The number of carbonyl (C=O) groups excluding carboxylic acids is 3. The molecule has 0 aliphatic carbocycles. The molecule has 1 fully saturated rings. The zero-order valence-electron chi connectivity index (χ0n) is 40.9. The summed E-state index contributed by atoms with van der Waals surface area (Å²) < 4.78 is 77.8. The minimum atomic E-state index is -4.50. The third kappa shape index (κ3) is 22.4. The van der Waals surface area contributed by atoms with Gasteiger partial charge in [0.05, 0.1) is 109 Å². The number of halogens is 3. The van der Waals surface area contributed by atoms with Crippen LogP contribution in [-0.4, -0.2) is 146 Å². The van der Waals surface area contributed by atoms with E-state index in [1.165, 1.54) is 24.4 Å². The van der Waals surface area contributed by atoms with Gasteiger partial charge in [0.2, 0.25) is 0 Å². The number of thioether (sulfide) groups is 1. The second-order valence-corrected chi connectivity index (χ2v) is 17.8.